The minimum atomic E-state index is -2.74. The predicted molar refractivity (Wildman–Crippen MR) is 96.4 cm³/mol. The molecule has 0 bridgehead atoms. The number of nitrogen functional groups attached to an aromatic ring is 1. The maximum atomic E-state index is 14.0. The van der Waals surface area contributed by atoms with Gasteiger partial charge in [-0.1, -0.05) is 0 Å². The minimum absolute atomic E-state index is 0.0399. The highest BCUT2D eigenvalue weighted by molar-refractivity contribution is 5.55. The van der Waals surface area contributed by atoms with Gasteiger partial charge >= 0.3 is 0 Å². The quantitative estimate of drug-likeness (QED) is 0.774. The Morgan fingerprint density at radius 2 is 1.96 bits per heavy atom. The summed E-state index contributed by atoms with van der Waals surface area (Å²) in [4.78, 5) is 9.69. The van der Waals surface area contributed by atoms with Crippen molar-refractivity contribution >= 4 is 11.5 Å². The van der Waals surface area contributed by atoms with Crippen LogP contribution < -0.4 is 21.1 Å². The molecule has 0 radical (unpaired) electrons. The number of nitrogens with two attached hydrogens (primary N) is 2. The number of nitrogens with zero attached hydrogens (tertiary/aromatic N) is 3. The first-order valence-electron chi connectivity index (χ1n) is 8.62. The van der Waals surface area contributed by atoms with E-state index in [2.05, 4.69) is 9.97 Å². The molecule has 4 N–H and O–H groups in total. The molecular formula is C18H22F3N5O. The van der Waals surface area contributed by atoms with Gasteiger partial charge < -0.3 is 21.1 Å². The van der Waals surface area contributed by atoms with Crippen molar-refractivity contribution in [1.29, 1.82) is 0 Å². The number of alkyl halides is 2. The Morgan fingerprint density at radius 1 is 1.22 bits per heavy atom. The van der Waals surface area contributed by atoms with Crippen LogP contribution in [0.2, 0.25) is 0 Å². The van der Waals surface area contributed by atoms with Gasteiger partial charge in [0.1, 0.15) is 12.1 Å². The van der Waals surface area contributed by atoms with Crippen molar-refractivity contribution in [2.24, 2.45) is 5.73 Å². The van der Waals surface area contributed by atoms with Crippen molar-refractivity contribution in [1.82, 2.24) is 9.97 Å². The number of rotatable bonds is 5. The van der Waals surface area contributed by atoms with E-state index in [0.29, 0.717) is 17.1 Å². The number of hydrogen-bond acceptors (Lipinski definition) is 6. The Hall–Kier alpha value is -2.55. The van der Waals surface area contributed by atoms with E-state index in [-0.39, 0.29) is 30.5 Å². The monoisotopic (exact) mass is 381 g/mol. The first-order chi connectivity index (χ1) is 12.7. The van der Waals surface area contributed by atoms with Gasteiger partial charge in [-0.15, -0.1) is 0 Å². The van der Waals surface area contributed by atoms with Gasteiger partial charge in [0.05, 0.1) is 24.4 Å². The molecule has 2 aromatic rings. The third kappa shape index (κ3) is 4.24. The molecule has 1 atom stereocenters. The molecular weight excluding hydrogens is 359 g/mol. The molecule has 1 aromatic heterocycles. The van der Waals surface area contributed by atoms with Crippen molar-refractivity contribution in [2.45, 2.75) is 38.3 Å². The second-order valence-electron chi connectivity index (χ2n) is 6.88. The Kier molecular flexibility index (Phi) is 5.14. The minimum Gasteiger partial charge on any atom is -0.488 e. The largest absolute Gasteiger partial charge is 0.488 e. The molecule has 0 spiro atoms. The van der Waals surface area contributed by atoms with E-state index in [1.807, 2.05) is 0 Å². The standard InChI is InChI=1S/C18H22F3N5O/c1-10(2)27-15-5-11(13(22)6-12(15)19)17(23)14-7-16(25-9-24-14)26-4-3-18(20,21)8-26/h5-7,9-10,17H,3-4,8,22-23H2,1-2H3. The summed E-state index contributed by atoms with van der Waals surface area (Å²) in [5.41, 5.74) is 13.2. The molecule has 0 saturated carbocycles. The van der Waals surface area contributed by atoms with Crippen LogP contribution in [0.4, 0.5) is 24.7 Å². The van der Waals surface area contributed by atoms with E-state index in [4.69, 9.17) is 16.2 Å². The SMILES string of the molecule is CC(C)Oc1cc(C(N)c2cc(N3CCC(F)(F)C3)ncn2)c(N)cc1F. The molecule has 0 aliphatic carbocycles. The van der Waals surface area contributed by atoms with Gasteiger partial charge in [-0.3, -0.25) is 0 Å². The fourth-order valence-corrected chi connectivity index (χ4v) is 2.99. The molecule has 0 amide bonds. The molecule has 146 valence electrons. The van der Waals surface area contributed by atoms with Gasteiger partial charge in [-0.05, 0) is 19.9 Å². The fourth-order valence-electron chi connectivity index (χ4n) is 2.99. The molecule has 1 fully saturated rings. The van der Waals surface area contributed by atoms with Crippen molar-refractivity contribution in [3.05, 3.63) is 41.6 Å². The van der Waals surface area contributed by atoms with Crippen molar-refractivity contribution in [2.75, 3.05) is 23.7 Å². The Bertz CT molecular complexity index is 831. The molecule has 9 heteroatoms. The van der Waals surface area contributed by atoms with E-state index >= 15 is 0 Å². The molecule has 27 heavy (non-hydrogen) atoms. The average molecular weight is 381 g/mol. The summed E-state index contributed by atoms with van der Waals surface area (Å²) in [6.07, 6.45) is 0.820. The summed E-state index contributed by atoms with van der Waals surface area (Å²) in [7, 11) is 0. The Morgan fingerprint density at radius 3 is 2.59 bits per heavy atom. The third-order valence-corrected chi connectivity index (χ3v) is 4.32. The van der Waals surface area contributed by atoms with Gasteiger partial charge in [0.25, 0.3) is 5.92 Å². The summed E-state index contributed by atoms with van der Waals surface area (Å²) < 4.78 is 46.4. The second-order valence-corrected chi connectivity index (χ2v) is 6.88. The van der Waals surface area contributed by atoms with Crippen LogP contribution >= 0.6 is 0 Å². The summed E-state index contributed by atoms with van der Waals surface area (Å²) in [5, 5.41) is 0. The van der Waals surface area contributed by atoms with Crippen molar-refractivity contribution in [3.8, 4) is 5.75 Å². The molecule has 1 unspecified atom stereocenters. The number of aromatic nitrogens is 2. The zero-order valence-corrected chi connectivity index (χ0v) is 15.1. The maximum absolute atomic E-state index is 14.0. The highest BCUT2D eigenvalue weighted by atomic mass is 19.3. The summed E-state index contributed by atoms with van der Waals surface area (Å²) in [6.45, 7) is 3.35. The molecule has 1 saturated heterocycles. The molecule has 2 heterocycles. The summed E-state index contributed by atoms with van der Waals surface area (Å²) >= 11 is 0. The molecule has 6 nitrogen and oxygen atoms in total. The lowest BCUT2D eigenvalue weighted by molar-refractivity contribution is 0.0256. The smallest absolute Gasteiger partial charge is 0.266 e. The van der Waals surface area contributed by atoms with Crippen molar-refractivity contribution in [3.63, 3.8) is 0 Å². The van der Waals surface area contributed by atoms with Gasteiger partial charge in [0.15, 0.2) is 11.6 Å². The summed E-state index contributed by atoms with van der Waals surface area (Å²) in [6, 6.07) is 3.36. The maximum Gasteiger partial charge on any atom is 0.266 e. The molecule has 1 aliphatic heterocycles. The third-order valence-electron chi connectivity index (χ3n) is 4.32. The van der Waals surface area contributed by atoms with Gasteiger partial charge in [0.2, 0.25) is 0 Å². The number of ether oxygens (including phenoxy) is 1. The van der Waals surface area contributed by atoms with E-state index in [1.54, 1.807) is 19.9 Å². The van der Waals surface area contributed by atoms with Crippen LogP contribution in [0.15, 0.2) is 24.5 Å². The van der Waals surface area contributed by atoms with Crippen LogP contribution in [-0.4, -0.2) is 35.1 Å². The highest BCUT2D eigenvalue weighted by Gasteiger charge is 2.38. The normalized spacial score (nSPS) is 17.4. The molecule has 1 aromatic carbocycles. The first kappa shape index (κ1) is 19.2. The van der Waals surface area contributed by atoms with Crippen LogP contribution in [0.25, 0.3) is 0 Å². The van der Waals surface area contributed by atoms with Crippen LogP contribution in [0.3, 0.4) is 0 Å². The first-order valence-corrected chi connectivity index (χ1v) is 8.62. The molecule has 1 aliphatic rings. The van der Waals surface area contributed by atoms with E-state index in [9.17, 15) is 13.2 Å². The van der Waals surface area contributed by atoms with Crippen LogP contribution in [-0.2, 0) is 0 Å². The predicted octanol–water partition coefficient (Wildman–Crippen LogP) is 2.88. The topological polar surface area (TPSA) is 90.3 Å². The van der Waals surface area contributed by atoms with Gasteiger partial charge in [-0.2, -0.15) is 0 Å². The van der Waals surface area contributed by atoms with Crippen LogP contribution in [0.1, 0.15) is 37.6 Å². The van der Waals surface area contributed by atoms with Gasteiger partial charge in [-0.25, -0.2) is 23.1 Å². The van der Waals surface area contributed by atoms with Crippen LogP contribution in [0, 0.1) is 5.82 Å². The number of benzene rings is 1. The van der Waals surface area contributed by atoms with E-state index in [1.165, 1.54) is 17.3 Å². The van der Waals surface area contributed by atoms with Gasteiger partial charge in [0, 0.05) is 36.3 Å². The fraction of sp³-hybridized carbons (Fsp3) is 0.444. The number of anilines is 2. The second kappa shape index (κ2) is 7.22. The lowest BCUT2D eigenvalue weighted by atomic mass is 10.0. The number of hydrogen-bond donors (Lipinski definition) is 2. The lowest BCUT2D eigenvalue weighted by Crippen LogP contribution is -2.26. The van der Waals surface area contributed by atoms with E-state index < -0.39 is 24.3 Å². The van der Waals surface area contributed by atoms with Crippen LogP contribution in [0.5, 0.6) is 5.75 Å². The number of halogens is 3. The Balaban J connectivity index is 1.90. The highest BCUT2D eigenvalue weighted by Crippen LogP contribution is 2.33. The lowest BCUT2D eigenvalue weighted by Gasteiger charge is -2.20. The average Bonchev–Trinajstić information content (AvgIpc) is 2.96. The molecule has 3 rings (SSSR count). The van der Waals surface area contributed by atoms with E-state index in [0.717, 1.165) is 6.07 Å². The summed E-state index contributed by atoms with van der Waals surface area (Å²) in [5.74, 6) is -2.91. The zero-order chi connectivity index (χ0) is 19.8. The Labute approximate surface area is 155 Å². The zero-order valence-electron chi connectivity index (χ0n) is 15.1. The van der Waals surface area contributed by atoms with Crippen molar-refractivity contribution < 1.29 is 17.9 Å².